The van der Waals surface area contributed by atoms with Crippen LogP contribution < -0.4 is 0 Å². The molecule has 4 nitrogen and oxygen atoms in total. The summed E-state index contributed by atoms with van der Waals surface area (Å²) in [6.07, 6.45) is 0.857. The molecule has 0 spiro atoms. The van der Waals surface area contributed by atoms with E-state index in [9.17, 15) is 5.11 Å². The van der Waals surface area contributed by atoms with E-state index in [0.717, 1.165) is 17.8 Å². The minimum absolute atomic E-state index is 0.0626. The van der Waals surface area contributed by atoms with Crippen LogP contribution >= 0.6 is 0 Å². The van der Waals surface area contributed by atoms with E-state index in [1.54, 1.807) is 0 Å². The van der Waals surface area contributed by atoms with E-state index in [0.29, 0.717) is 11.6 Å². The lowest BCUT2D eigenvalue weighted by atomic mass is 10.1. The first-order valence-electron chi connectivity index (χ1n) is 6.65. The number of aryl methyl sites for hydroxylation is 2. The summed E-state index contributed by atoms with van der Waals surface area (Å²) in [7, 11) is 0. The second-order valence-electron chi connectivity index (χ2n) is 5.42. The van der Waals surface area contributed by atoms with E-state index < -0.39 is 0 Å². The molecule has 1 aromatic heterocycles. The zero-order valence-corrected chi connectivity index (χ0v) is 12.0. The van der Waals surface area contributed by atoms with Crippen LogP contribution in [0.25, 0.3) is 5.69 Å². The third-order valence-corrected chi connectivity index (χ3v) is 3.33. The molecular weight excluding hydrogens is 238 g/mol. The normalized spacial score (nSPS) is 11.3. The van der Waals surface area contributed by atoms with Gasteiger partial charge in [0.1, 0.15) is 5.69 Å². The zero-order chi connectivity index (χ0) is 14.0. The van der Waals surface area contributed by atoms with E-state index >= 15 is 0 Å². The van der Waals surface area contributed by atoms with Crippen LogP contribution in [-0.4, -0.2) is 20.1 Å². The van der Waals surface area contributed by atoms with Crippen molar-refractivity contribution in [2.24, 2.45) is 5.92 Å². The van der Waals surface area contributed by atoms with Gasteiger partial charge < -0.3 is 5.11 Å². The Hall–Kier alpha value is -1.68. The van der Waals surface area contributed by atoms with Gasteiger partial charge in [0.2, 0.25) is 0 Å². The van der Waals surface area contributed by atoms with Crippen molar-refractivity contribution in [3.63, 3.8) is 0 Å². The van der Waals surface area contributed by atoms with Crippen LogP contribution in [0, 0.1) is 19.8 Å². The number of benzene rings is 1. The molecular formula is C15H21N3O. The van der Waals surface area contributed by atoms with Crippen molar-refractivity contribution in [3.05, 3.63) is 40.7 Å². The van der Waals surface area contributed by atoms with Crippen LogP contribution in [0.15, 0.2) is 18.2 Å². The molecule has 0 fully saturated rings. The number of aliphatic hydroxyl groups is 1. The SMILES string of the molecule is Cc1ccc(-n2nnc(CO)c2CC(C)C)cc1C. The monoisotopic (exact) mass is 259 g/mol. The van der Waals surface area contributed by atoms with E-state index in [2.05, 4.69) is 50.1 Å². The Bertz CT molecular complexity index is 573. The van der Waals surface area contributed by atoms with Crippen LogP contribution in [0.4, 0.5) is 0 Å². The summed E-state index contributed by atoms with van der Waals surface area (Å²) in [5.41, 5.74) is 5.17. The molecule has 0 unspecified atom stereocenters. The summed E-state index contributed by atoms with van der Waals surface area (Å²) in [5.74, 6) is 0.495. The number of aromatic nitrogens is 3. The second kappa shape index (κ2) is 5.53. The highest BCUT2D eigenvalue weighted by Gasteiger charge is 2.15. The van der Waals surface area contributed by atoms with Crippen molar-refractivity contribution in [2.75, 3.05) is 0 Å². The zero-order valence-electron chi connectivity index (χ0n) is 12.0. The molecule has 0 aliphatic heterocycles. The third kappa shape index (κ3) is 2.84. The number of hydrogen-bond acceptors (Lipinski definition) is 3. The minimum atomic E-state index is -0.0626. The third-order valence-electron chi connectivity index (χ3n) is 3.33. The van der Waals surface area contributed by atoms with Crippen molar-refractivity contribution in [3.8, 4) is 5.69 Å². The molecule has 0 saturated carbocycles. The maximum Gasteiger partial charge on any atom is 0.112 e. The summed E-state index contributed by atoms with van der Waals surface area (Å²) in [6.45, 7) is 8.42. The first-order chi connectivity index (χ1) is 9.02. The molecule has 2 rings (SSSR count). The van der Waals surface area contributed by atoms with Gasteiger partial charge in [-0.05, 0) is 49.4 Å². The predicted octanol–water partition coefficient (Wildman–Crippen LogP) is 2.57. The Balaban J connectivity index is 2.48. The molecule has 4 heteroatoms. The van der Waals surface area contributed by atoms with Crippen molar-refractivity contribution in [1.29, 1.82) is 0 Å². The Morgan fingerprint density at radius 3 is 2.53 bits per heavy atom. The van der Waals surface area contributed by atoms with Crippen LogP contribution in [0.2, 0.25) is 0 Å². The van der Waals surface area contributed by atoms with E-state index in [1.807, 2.05) is 10.7 Å². The van der Waals surface area contributed by atoms with Crippen LogP contribution in [0.3, 0.4) is 0 Å². The first-order valence-corrected chi connectivity index (χ1v) is 6.65. The molecule has 19 heavy (non-hydrogen) atoms. The fraction of sp³-hybridized carbons (Fsp3) is 0.467. The Morgan fingerprint density at radius 2 is 1.95 bits per heavy atom. The number of aliphatic hydroxyl groups excluding tert-OH is 1. The van der Waals surface area contributed by atoms with Gasteiger partial charge in [-0.15, -0.1) is 5.10 Å². The minimum Gasteiger partial charge on any atom is -0.390 e. The molecule has 2 aromatic rings. The van der Waals surface area contributed by atoms with Gasteiger partial charge in [-0.3, -0.25) is 0 Å². The Labute approximate surface area is 114 Å². The molecule has 0 bridgehead atoms. The molecule has 1 aromatic carbocycles. The highest BCUT2D eigenvalue weighted by atomic mass is 16.3. The molecule has 1 heterocycles. The summed E-state index contributed by atoms with van der Waals surface area (Å²) in [6, 6.07) is 6.24. The van der Waals surface area contributed by atoms with E-state index in [4.69, 9.17) is 0 Å². The quantitative estimate of drug-likeness (QED) is 0.918. The summed E-state index contributed by atoms with van der Waals surface area (Å²) >= 11 is 0. The van der Waals surface area contributed by atoms with Gasteiger partial charge in [0.15, 0.2) is 0 Å². The van der Waals surface area contributed by atoms with Gasteiger partial charge in [-0.2, -0.15) is 0 Å². The largest absolute Gasteiger partial charge is 0.390 e. The first kappa shape index (κ1) is 13.7. The molecule has 0 saturated heterocycles. The smallest absolute Gasteiger partial charge is 0.112 e. The summed E-state index contributed by atoms with van der Waals surface area (Å²) in [4.78, 5) is 0. The molecule has 0 aliphatic carbocycles. The number of rotatable bonds is 4. The van der Waals surface area contributed by atoms with Gasteiger partial charge in [0, 0.05) is 0 Å². The maximum atomic E-state index is 9.37. The molecule has 102 valence electrons. The summed E-state index contributed by atoms with van der Waals surface area (Å²) < 4.78 is 1.85. The van der Waals surface area contributed by atoms with Gasteiger partial charge in [-0.1, -0.05) is 25.1 Å². The standard InChI is InChI=1S/C15H21N3O/c1-10(2)7-15-14(9-19)16-17-18(15)13-6-5-11(3)12(4)8-13/h5-6,8,10,19H,7,9H2,1-4H3. The maximum absolute atomic E-state index is 9.37. The van der Waals surface area contributed by atoms with Crippen LogP contribution in [0.5, 0.6) is 0 Å². The van der Waals surface area contributed by atoms with Crippen molar-refractivity contribution < 1.29 is 5.11 Å². The topological polar surface area (TPSA) is 50.9 Å². The van der Waals surface area contributed by atoms with Crippen molar-refractivity contribution in [1.82, 2.24) is 15.0 Å². The lowest BCUT2D eigenvalue weighted by Gasteiger charge is -2.11. The highest BCUT2D eigenvalue weighted by molar-refractivity contribution is 5.40. The fourth-order valence-corrected chi connectivity index (χ4v) is 2.11. The molecule has 1 N–H and O–H groups in total. The van der Waals surface area contributed by atoms with Crippen molar-refractivity contribution >= 4 is 0 Å². The van der Waals surface area contributed by atoms with Gasteiger partial charge in [0.25, 0.3) is 0 Å². The van der Waals surface area contributed by atoms with E-state index in [1.165, 1.54) is 11.1 Å². The average molecular weight is 259 g/mol. The van der Waals surface area contributed by atoms with Gasteiger partial charge in [-0.25, -0.2) is 4.68 Å². The predicted molar refractivity (Wildman–Crippen MR) is 75.3 cm³/mol. The molecule has 0 atom stereocenters. The fourth-order valence-electron chi connectivity index (χ4n) is 2.11. The summed E-state index contributed by atoms with van der Waals surface area (Å²) in [5, 5.41) is 17.6. The molecule has 0 radical (unpaired) electrons. The number of hydrogen-bond donors (Lipinski definition) is 1. The lowest BCUT2D eigenvalue weighted by molar-refractivity contribution is 0.275. The Kier molecular flexibility index (Phi) is 4.00. The van der Waals surface area contributed by atoms with Gasteiger partial charge >= 0.3 is 0 Å². The van der Waals surface area contributed by atoms with Crippen LogP contribution in [0.1, 0.15) is 36.4 Å². The van der Waals surface area contributed by atoms with Gasteiger partial charge in [0.05, 0.1) is 18.0 Å². The highest BCUT2D eigenvalue weighted by Crippen LogP contribution is 2.19. The molecule has 0 aliphatic rings. The number of nitrogens with zero attached hydrogens (tertiary/aromatic N) is 3. The average Bonchev–Trinajstić information content (AvgIpc) is 2.75. The van der Waals surface area contributed by atoms with Crippen molar-refractivity contribution in [2.45, 2.75) is 40.7 Å². The van der Waals surface area contributed by atoms with Crippen LogP contribution in [-0.2, 0) is 13.0 Å². The Morgan fingerprint density at radius 1 is 1.21 bits per heavy atom. The second-order valence-corrected chi connectivity index (χ2v) is 5.42. The molecule has 0 amide bonds. The van der Waals surface area contributed by atoms with E-state index in [-0.39, 0.29) is 6.61 Å². The lowest BCUT2D eigenvalue weighted by Crippen LogP contribution is -2.07.